The molecule has 4 aliphatic rings. The number of carbonyl (C=O) groups is 2. The van der Waals surface area contributed by atoms with Crippen molar-refractivity contribution in [2.45, 2.75) is 95.9 Å². The lowest BCUT2D eigenvalue weighted by molar-refractivity contribution is -0.157. The SMILES string of the molecule is CC(=O)O[C@@H]1CC[C@]2(C)[C@H]3CC[C@@]4(C)[C@@H](C[C@H](C)[C@@H]4C(C)=O)[C@@H]3C[C@H](Cl)[C@@]2(Cl)C1. The molecule has 0 aromatic rings. The van der Waals surface area contributed by atoms with E-state index in [-0.39, 0.29) is 34.2 Å². The summed E-state index contributed by atoms with van der Waals surface area (Å²) in [6.45, 7) is 10.2. The van der Waals surface area contributed by atoms with E-state index in [1.165, 1.54) is 6.92 Å². The maximum absolute atomic E-state index is 12.5. The smallest absolute Gasteiger partial charge is 0.302 e. The van der Waals surface area contributed by atoms with Gasteiger partial charge in [-0.15, -0.1) is 23.2 Å². The fourth-order valence-electron chi connectivity index (χ4n) is 8.71. The van der Waals surface area contributed by atoms with Crippen LogP contribution in [0.2, 0.25) is 0 Å². The Balaban J connectivity index is 1.65. The van der Waals surface area contributed by atoms with Gasteiger partial charge in [-0.3, -0.25) is 9.59 Å². The summed E-state index contributed by atoms with van der Waals surface area (Å²) in [6, 6.07) is 0. The van der Waals surface area contributed by atoms with Crippen LogP contribution in [0.5, 0.6) is 0 Å². The summed E-state index contributed by atoms with van der Waals surface area (Å²) in [7, 11) is 0. The number of halogens is 2. The van der Waals surface area contributed by atoms with Gasteiger partial charge in [-0.1, -0.05) is 20.8 Å². The summed E-state index contributed by atoms with van der Waals surface area (Å²) >= 11 is 14.4. The lowest BCUT2D eigenvalue weighted by atomic mass is 9.44. The van der Waals surface area contributed by atoms with Crippen LogP contribution in [0.25, 0.3) is 0 Å². The first-order valence-corrected chi connectivity index (χ1v) is 12.3. The molecule has 5 heteroatoms. The molecule has 0 aromatic carbocycles. The number of carbonyl (C=O) groups excluding carboxylic acids is 2. The first kappa shape index (κ1) is 21.9. The van der Waals surface area contributed by atoms with Crippen molar-refractivity contribution in [1.82, 2.24) is 0 Å². The molecule has 4 aliphatic carbocycles. The summed E-state index contributed by atoms with van der Waals surface area (Å²) in [4.78, 5) is 23.5. The fourth-order valence-corrected chi connectivity index (χ4v) is 9.75. The normalized spacial score (nSPS) is 54.1. The number of alkyl halides is 2. The predicted octanol–water partition coefficient (Wildman–Crippen LogP) is 5.99. The molecule has 29 heavy (non-hydrogen) atoms. The Kier molecular flexibility index (Phi) is 5.39. The van der Waals surface area contributed by atoms with Crippen molar-refractivity contribution >= 4 is 35.0 Å². The van der Waals surface area contributed by atoms with Gasteiger partial charge in [0.25, 0.3) is 0 Å². The minimum absolute atomic E-state index is 0.0561. The Morgan fingerprint density at radius 1 is 1.03 bits per heavy atom. The van der Waals surface area contributed by atoms with Gasteiger partial charge in [-0.25, -0.2) is 0 Å². The molecular formula is C24H36Cl2O3. The van der Waals surface area contributed by atoms with E-state index in [0.717, 1.165) is 38.5 Å². The Morgan fingerprint density at radius 2 is 1.72 bits per heavy atom. The molecule has 0 heterocycles. The number of ketones is 1. The number of hydrogen-bond donors (Lipinski definition) is 0. The number of fused-ring (bicyclic) bond motifs is 5. The highest BCUT2D eigenvalue weighted by Gasteiger charge is 2.68. The Labute approximate surface area is 185 Å². The molecule has 0 spiro atoms. The van der Waals surface area contributed by atoms with E-state index in [4.69, 9.17) is 27.9 Å². The van der Waals surface area contributed by atoms with Crippen LogP contribution in [-0.2, 0) is 14.3 Å². The van der Waals surface area contributed by atoms with Crippen molar-refractivity contribution in [2.75, 3.05) is 0 Å². The zero-order valence-corrected chi connectivity index (χ0v) is 20.0. The molecule has 10 atom stereocenters. The van der Waals surface area contributed by atoms with Gasteiger partial charge in [-0.2, -0.15) is 0 Å². The van der Waals surface area contributed by atoms with Gasteiger partial charge >= 0.3 is 5.97 Å². The Morgan fingerprint density at radius 3 is 2.34 bits per heavy atom. The molecule has 0 radical (unpaired) electrons. The predicted molar refractivity (Wildman–Crippen MR) is 116 cm³/mol. The highest BCUT2D eigenvalue weighted by atomic mass is 35.5. The number of Topliss-reactive ketones (excluding diaryl/α,β-unsaturated/α-hetero) is 1. The minimum Gasteiger partial charge on any atom is -0.462 e. The van der Waals surface area contributed by atoms with E-state index in [2.05, 4.69) is 20.8 Å². The largest absolute Gasteiger partial charge is 0.462 e. The van der Waals surface area contributed by atoms with E-state index < -0.39 is 4.87 Å². The van der Waals surface area contributed by atoms with E-state index in [1.54, 1.807) is 6.92 Å². The molecule has 4 rings (SSSR count). The van der Waals surface area contributed by atoms with Gasteiger partial charge in [-0.05, 0) is 80.0 Å². The van der Waals surface area contributed by atoms with Crippen molar-refractivity contribution in [3.8, 4) is 0 Å². The van der Waals surface area contributed by atoms with Crippen molar-refractivity contribution < 1.29 is 14.3 Å². The molecule has 0 N–H and O–H groups in total. The molecule has 0 amide bonds. The first-order valence-electron chi connectivity index (χ1n) is 11.4. The van der Waals surface area contributed by atoms with E-state index in [9.17, 15) is 9.59 Å². The summed E-state index contributed by atoms with van der Waals surface area (Å²) in [5.41, 5.74) is 0.0417. The lowest BCUT2D eigenvalue weighted by Gasteiger charge is -2.65. The van der Waals surface area contributed by atoms with Gasteiger partial charge in [0.15, 0.2) is 0 Å². The molecular weight excluding hydrogens is 407 g/mol. The molecule has 3 nitrogen and oxygen atoms in total. The van der Waals surface area contributed by atoms with E-state index >= 15 is 0 Å². The average molecular weight is 443 g/mol. The summed E-state index contributed by atoms with van der Waals surface area (Å²) < 4.78 is 5.56. The zero-order chi connectivity index (χ0) is 21.4. The maximum Gasteiger partial charge on any atom is 0.302 e. The fraction of sp³-hybridized carbons (Fsp3) is 0.917. The number of ether oxygens (including phenoxy) is 1. The minimum atomic E-state index is -0.536. The summed E-state index contributed by atoms with van der Waals surface area (Å²) in [5.74, 6) is 2.37. The Hall–Kier alpha value is -0.280. The van der Waals surface area contributed by atoms with Crippen LogP contribution < -0.4 is 0 Å². The van der Waals surface area contributed by atoms with Gasteiger partial charge < -0.3 is 4.74 Å². The third-order valence-corrected chi connectivity index (χ3v) is 11.3. The van der Waals surface area contributed by atoms with Crippen molar-refractivity contribution in [1.29, 1.82) is 0 Å². The average Bonchev–Trinajstić information content (AvgIpc) is 2.87. The van der Waals surface area contributed by atoms with Gasteiger partial charge in [0, 0.05) is 19.3 Å². The van der Waals surface area contributed by atoms with Crippen molar-refractivity contribution in [3.05, 3.63) is 0 Å². The van der Waals surface area contributed by atoms with Crippen molar-refractivity contribution in [2.24, 2.45) is 40.4 Å². The van der Waals surface area contributed by atoms with Crippen LogP contribution in [0.15, 0.2) is 0 Å². The van der Waals surface area contributed by atoms with Crippen LogP contribution >= 0.6 is 23.2 Å². The molecule has 0 aromatic heterocycles. The van der Waals surface area contributed by atoms with Crippen LogP contribution in [0, 0.1) is 40.4 Å². The molecule has 0 bridgehead atoms. The maximum atomic E-state index is 12.5. The molecule has 4 fully saturated rings. The molecule has 0 unspecified atom stereocenters. The van der Waals surface area contributed by atoms with Crippen LogP contribution in [-0.4, -0.2) is 28.1 Å². The monoisotopic (exact) mass is 442 g/mol. The first-order chi connectivity index (χ1) is 13.4. The standard InChI is InChI=1S/C24H36Cl2O3/c1-13-10-19-17-11-20(25)24(26)12-16(29-15(3)28)6-9-23(24,5)18(17)7-8-22(19,4)21(13)14(2)27/h13,16-21H,6-12H2,1-5H3/t13-,16+,17+,18-,19-,20-,21+,22-,23+,24-/m0/s1. The lowest BCUT2D eigenvalue weighted by Crippen LogP contribution is -2.65. The van der Waals surface area contributed by atoms with E-state index in [1.807, 2.05) is 0 Å². The van der Waals surface area contributed by atoms with Crippen LogP contribution in [0.3, 0.4) is 0 Å². The molecule has 0 saturated heterocycles. The molecule has 0 aliphatic heterocycles. The highest BCUT2D eigenvalue weighted by molar-refractivity contribution is 6.33. The number of hydrogen-bond acceptors (Lipinski definition) is 3. The zero-order valence-electron chi connectivity index (χ0n) is 18.5. The third-order valence-electron chi connectivity index (χ3n) is 9.80. The van der Waals surface area contributed by atoms with E-state index in [0.29, 0.717) is 35.9 Å². The topological polar surface area (TPSA) is 43.4 Å². The summed E-state index contributed by atoms with van der Waals surface area (Å²) in [6.07, 6.45) is 6.62. The van der Waals surface area contributed by atoms with Gasteiger partial charge in [0.05, 0.1) is 10.3 Å². The van der Waals surface area contributed by atoms with Gasteiger partial charge in [0.1, 0.15) is 11.9 Å². The van der Waals surface area contributed by atoms with Crippen LogP contribution in [0.1, 0.15) is 79.6 Å². The third kappa shape index (κ3) is 3.04. The Bertz CT molecular complexity index is 710. The molecule has 164 valence electrons. The number of esters is 1. The van der Waals surface area contributed by atoms with Crippen LogP contribution in [0.4, 0.5) is 0 Å². The highest BCUT2D eigenvalue weighted by Crippen LogP contribution is 2.71. The second-order valence-electron chi connectivity index (χ2n) is 11.2. The van der Waals surface area contributed by atoms with Gasteiger partial charge in [0.2, 0.25) is 0 Å². The van der Waals surface area contributed by atoms with Crippen molar-refractivity contribution in [3.63, 3.8) is 0 Å². The quantitative estimate of drug-likeness (QED) is 0.389. The second kappa shape index (κ2) is 7.12. The molecule has 4 saturated carbocycles. The number of rotatable bonds is 2. The summed E-state index contributed by atoms with van der Waals surface area (Å²) in [5, 5.41) is -0.136. The second-order valence-corrected chi connectivity index (χ2v) is 12.4.